The zero-order chi connectivity index (χ0) is 21.1. The predicted molar refractivity (Wildman–Crippen MR) is 112 cm³/mol. The topological polar surface area (TPSA) is 83.9 Å². The van der Waals surface area contributed by atoms with Crippen molar-refractivity contribution in [1.29, 1.82) is 0 Å². The molecule has 0 atom stereocenters. The van der Waals surface area contributed by atoms with Gasteiger partial charge in [-0.1, -0.05) is 26.0 Å². The molecule has 0 aliphatic heterocycles. The monoisotopic (exact) mass is 393 g/mol. The summed E-state index contributed by atoms with van der Waals surface area (Å²) in [5.74, 6) is 0.0866. The van der Waals surface area contributed by atoms with Crippen LogP contribution in [0.15, 0.2) is 41.2 Å². The third kappa shape index (κ3) is 4.99. The zero-order valence-electron chi connectivity index (χ0n) is 17.6. The van der Waals surface area contributed by atoms with Crippen molar-refractivity contribution >= 4 is 5.91 Å². The number of nitrogens with one attached hydrogen (secondary N) is 1. The standard InChI is InChI=1S/C22H27N5O2/c1-14(2)9-18-12-20(24-22(29)23-18)21(28)26(5)13-17-7-6-8-19(11-17)27-16(4)10-15(3)25-27/h6-8,10-12,14H,9,13H2,1-5H3,(H,23,24,29). The lowest BCUT2D eigenvalue weighted by atomic mass is 10.1. The molecule has 2 heterocycles. The quantitative estimate of drug-likeness (QED) is 0.698. The normalized spacial score (nSPS) is 11.1. The van der Waals surface area contributed by atoms with E-state index in [9.17, 15) is 9.59 Å². The van der Waals surface area contributed by atoms with Crippen LogP contribution in [-0.4, -0.2) is 37.6 Å². The summed E-state index contributed by atoms with van der Waals surface area (Å²) < 4.78 is 1.89. The Kier molecular flexibility index (Phi) is 5.96. The molecule has 0 bridgehead atoms. The number of H-pyrrole nitrogens is 1. The van der Waals surface area contributed by atoms with Gasteiger partial charge in [-0.3, -0.25) is 4.79 Å². The Balaban J connectivity index is 1.80. The van der Waals surface area contributed by atoms with E-state index in [0.717, 1.165) is 28.3 Å². The molecule has 7 heteroatoms. The molecule has 0 spiro atoms. The summed E-state index contributed by atoms with van der Waals surface area (Å²) in [6.45, 7) is 8.49. The van der Waals surface area contributed by atoms with Gasteiger partial charge in [-0.15, -0.1) is 0 Å². The number of carbonyl (C=O) groups excluding carboxylic acids is 1. The first-order valence-corrected chi connectivity index (χ1v) is 9.71. The van der Waals surface area contributed by atoms with Crippen LogP contribution in [0.5, 0.6) is 0 Å². The maximum Gasteiger partial charge on any atom is 0.345 e. The van der Waals surface area contributed by atoms with Crippen molar-refractivity contribution in [2.24, 2.45) is 5.92 Å². The van der Waals surface area contributed by atoms with Crippen LogP contribution >= 0.6 is 0 Å². The van der Waals surface area contributed by atoms with E-state index < -0.39 is 5.69 Å². The number of hydrogen-bond donors (Lipinski definition) is 1. The SMILES string of the molecule is Cc1cc(C)n(-c2cccc(CN(C)C(=O)c3cc(CC(C)C)[nH]c(=O)n3)c2)n1. The van der Waals surface area contributed by atoms with Crippen LogP contribution in [0.2, 0.25) is 0 Å². The third-order valence-corrected chi connectivity index (χ3v) is 4.58. The number of aryl methyl sites for hydroxylation is 2. The summed E-state index contributed by atoms with van der Waals surface area (Å²) in [6, 6.07) is 11.6. The van der Waals surface area contributed by atoms with Gasteiger partial charge in [0.05, 0.1) is 11.4 Å². The van der Waals surface area contributed by atoms with Crippen LogP contribution in [0.1, 0.15) is 47.0 Å². The molecule has 1 aromatic carbocycles. The molecule has 0 aliphatic carbocycles. The van der Waals surface area contributed by atoms with E-state index in [-0.39, 0.29) is 11.6 Å². The lowest BCUT2D eigenvalue weighted by molar-refractivity contribution is 0.0778. The molecule has 0 saturated carbocycles. The highest BCUT2D eigenvalue weighted by molar-refractivity contribution is 5.92. The Morgan fingerprint density at radius 1 is 1.21 bits per heavy atom. The minimum absolute atomic E-state index is 0.168. The van der Waals surface area contributed by atoms with E-state index in [1.807, 2.05) is 48.9 Å². The van der Waals surface area contributed by atoms with Crippen LogP contribution < -0.4 is 5.69 Å². The first kappa shape index (κ1) is 20.5. The minimum atomic E-state index is -0.494. The Labute approximate surface area is 170 Å². The van der Waals surface area contributed by atoms with E-state index in [1.165, 1.54) is 0 Å². The Hall–Kier alpha value is -3.22. The first-order valence-electron chi connectivity index (χ1n) is 9.71. The van der Waals surface area contributed by atoms with E-state index in [2.05, 4.69) is 28.9 Å². The second kappa shape index (κ2) is 8.43. The molecular weight excluding hydrogens is 366 g/mol. The maximum absolute atomic E-state index is 12.8. The minimum Gasteiger partial charge on any atom is -0.336 e. The van der Waals surface area contributed by atoms with Gasteiger partial charge in [0.2, 0.25) is 0 Å². The van der Waals surface area contributed by atoms with Crippen LogP contribution in [0.3, 0.4) is 0 Å². The van der Waals surface area contributed by atoms with Crippen LogP contribution in [0.25, 0.3) is 5.69 Å². The summed E-state index contributed by atoms with van der Waals surface area (Å²) in [4.78, 5) is 32.9. The van der Waals surface area contributed by atoms with E-state index in [0.29, 0.717) is 18.9 Å². The molecule has 0 aliphatic rings. The van der Waals surface area contributed by atoms with E-state index >= 15 is 0 Å². The van der Waals surface area contributed by atoms with Gasteiger partial charge in [0, 0.05) is 25.0 Å². The van der Waals surface area contributed by atoms with E-state index in [4.69, 9.17) is 0 Å². The van der Waals surface area contributed by atoms with Crippen molar-refractivity contribution in [2.75, 3.05) is 7.05 Å². The Bertz CT molecular complexity index is 1080. The molecular formula is C22H27N5O2. The maximum atomic E-state index is 12.8. The highest BCUT2D eigenvalue weighted by atomic mass is 16.2. The van der Waals surface area contributed by atoms with Crippen LogP contribution in [0.4, 0.5) is 0 Å². The number of benzene rings is 1. The van der Waals surface area contributed by atoms with Gasteiger partial charge in [-0.05, 0) is 56.0 Å². The molecule has 7 nitrogen and oxygen atoms in total. The lowest BCUT2D eigenvalue weighted by Crippen LogP contribution is -2.30. The fourth-order valence-electron chi connectivity index (χ4n) is 3.39. The molecule has 1 amide bonds. The highest BCUT2D eigenvalue weighted by Gasteiger charge is 2.16. The van der Waals surface area contributed by atoms with Gasteiger partial charge in [0.25, 0.3) is 5.91 Å². The largest absolute Gasteiger partial charge is 0.345 e. The van der Waals surface area contributed by atoms with Gasteiger partial charge >= 0.3 is 5.69 Å². The van der Waals surface area contributed by atoms with Crippen molar-refractivity contribution in [3.63, 3.8) is 0 Å². The second-order valence-electron chi connectivity index (χ2n) is 7.86. The molecule has 152 valence electrons. The van der Waals surface area contributed by atoms with Crippen molar-refractivity contribution < 1.29 is 4.79 Å². The van der Waals surface area contributed by atoms with Crippen LogP contribution in [0, 0.1) is 19.8 Å². The Morgan fingerprint density at radius 2 is 1.97 bits per heavy atom. The van der Waals surface area contributed by atoms with E-state index in [1.54, 1.807) is 18.0 Å². The summed E-state index contributed by atoms with van der Waals surface area (Å²) in [5.41, 5.74) is 4.32. The fourth-order valence-corrected chi connectivity index (χ4v) is 3.39. The molecule has 2 aromatic heterocycles. The van der Waals surface area contributed by atoms with Gasteiger partial charge in [-0.25, -0.2) is 9.48 Å². The highest BCUT2D eigenvalue weighted by Crippen LogP contribution is 2.15. The van der Waals surface area contributed by atoms with Crippen molar-refractivity contribution in [1.82, 2.24) is 24.6 Å². The number of aromatic amines is 1. The van der Waals surface area contributed by atoms with Crippen LogP contribution in [-0.2, 0) is 13.0 Å². The molecule has 0 unspecified atom stereocenters. The molecule has 3 rings (SSSR count). The molecule has 0 saturated heterocycles. The number of nitrogens with zero attached hydrogens (tertiary/aromatic N) is 4. The lowest BCUT2D eigenvalue weighted by Gasteiger charge is -2.18. The third-order valence-electron chi connectivity index (χ3n) is 4.58. The molecule has 0 radical (unpaired) electrons. The average Bonchev–Trinajstić information content (AvgIpc) is 2.98. The van der Waals surface area contributed by atoms with Crippen molar-refractivity contribution in [3.8, 4) is 5.69 Å². The number of aromatic nitrogens is 4. The first-order chi connectivity index (χ1) is 13.7. The summed E-state index contributed by atoms with van der Waals surface area (Å²) in [5, 5.41) is 4.51. The number of rotatable bonds is 6. The smallest absolute Gasteiger partial charge is 0.336 e. The zero-order valence-corrected chi connectivity index (χ0v) is 17.6. The summed E-state index contributed by atoms with van der Waals surface area (Å²) >= 11 is 0. The summed E-state index contributed by atoms with van der Waals surface area (Å²) in [6.07, 6.45) is 0.687. The van der Waals surface area contributed by atoms with Gasteiger partial charge in [0.15, 0.2) is 0 Å². The van der Waals surface area contributed by atoms with Gasteiger partial charge < -0.3 is 9.88 Å². The van der Waals surface area contributed by atoms with Gasteiger partial charge in [-0.2, -0.15) is 10.1 Å². The fraction of sp³-hybridized carbons (Fsp3) is 0.364. The Morgan fingerprint density at radius 3 is 2.62 bits per heavy atom. The van der Waals surface area contributed by atoms with Crippen molar-refractivity contribution in [2.45, 2.75) is 40.7 Å². The number of carbonyl (C=O) groups is 1. The van der Waals surface area contributed by atoms with Gasteiger partial charge in [0.1, 0.15) is 5.69 Å². The predicted octanol–water partition coefficient (Wildman–Crippen LogP) is 3.04. The molecule has 0 fully saturated rings. The second-order valence-corrected chi connectivity index (χ2v) is 7.86. The summed E-state index contributed by atoms with van der Waals surface area (Å²) in [7, 11) is 1.71. The average molecular weight is 393 g/mol. The number of hydrogen-bond acceptors (Lipinski definition) is 4. The van der Waals surface area contributed by atoms with Crippen molar-refractivity contribution in [3.05, 3.63) is 75.2 Å². The molecule has 1 N–H and O–H groups in total. The molecule has 29 heavy (non-hydrogen) atoms. The molecule has 3 aromatic rings. The number of amides is 1.